The summed E-state index contributed by atoms with van der Waals surface area (Å²) in [6.45, 7) is 9.39. The van der Waals surface area contributed by atoms with Crippen LogP contribution in [0.15, 0.2) is 28.8 Å². The van der Waals surface area contributed by atoms with Crippen molar-refractivity contribution in [3.8, 4) is 5.75 Å². The molecule has 0 bridgehead atoms. The first-order valence-electron chi connectivity index (χ1n) is 10.4. The fourth-order valence-electron chi connectivity index (χ4n) is 4.03. The lowest BCUT2D eigenvalue weighted by molar-refractivity contribution is 0.00149. The highest BCUT2D eigenvalue weighted by molar-refractivity contribution is 5.92. The molecule has 1 amide bonds. The molecular formula is C22H29N3O4. The number of likely N-dealkylation sites (tertiary alicyclic amines) is 1. The zero-order valence-corrected chi connectivity index (χ0v) is 17.2. The first kappa shape index (κ1) is 19.9. The molecule has 156 valence electrons. The number of nitrogens with zero attached hydrogens (tertiary/aromatic N) is 3. The number of aryl methyl sites for hydroxylation is 2. The minimum atomic E-state index is -0.0628. The van der Waals surface area contributed by atoms with Crippen molar-refractivity contribution in [3.63, 3.8) is 0 Å². The molecule has 1 aromatic heterocycles. The predicted octanol–water partition coefficient (Wildman–Crippen LogP) is 2.81. The number of rotatable bonds is 5. The standard InChI is InChI=1S/C22H29N3O4/c1-16-3-4-17(2)21(13-16)28-15-19-14-20(23-29-19)22(26)25-7-5-18(6-8-25)24-9-11-27-12-10-24/h3-4,13-14,18H,5-12,15H2,1-2H3. The number of aromatic nitrogens is 1. The number of morpholine rings is 1. The molecule has 7 nitrogen and oxygen atoms in total. The third kappa shape index (κ3) is 4.79. The third-order valence-corrected chi connectivity index (χ3v) is 5.81. The van der Waals surface area contributed by atoms with Crippen molar-refractivity contribution in [1.29, 1.82) is 0 Å². The van der Waals surface area contributed by atoms with Gasteiger partial charge < -0.3 is 18.9 Å². The molecule has 0 unspecified atom stereocenters. The number of hydrogen-bond acceptors (Lipinski definition) is 6. The molecule has 2 fully saturated rings. The van der Waals surface area contributed by atoms with Crippen LogP contribution in [0.2, 0.25) is 0 Å². The minimum Gasteiger partial charge on any atom is -0.485 e. The lowest BCUT2D eigenvalue weighted by atomic mass is 10.0. The largest absolute Gasteiger partial charge is 0.485 e. The first-order chi connectivity index (χ1) is 14.1. The molecule has 29 heavy (non-hydrogen) atoms. The van der Waals surface area contributed by atoms with Gasteiger partial charge in [-0.15, -0.1) is 0 Å². The lowest BCUT2D eigenvalue weighted by Gasteiger charge is -2.39. The van der Waals surface area contributed by atoms with E-state index in [0.717, 1.165) is 69.1 Å². The van der Waals surface area contributed by atoms with Crippen LogP contribution in [0.4, 0.5) is 0 Å². The topological polar surface area (TPSA) is 68.0 Å². The van der Waals surface area contributed by atoms with Crippen LogP contribution >= 0.6 is 0 Å². The van der Waals surface area contributed by atoms with E-state index in [2.05, 4.69) is 16.1 Å². The molecule has 0 radical (unpaired) electrons. The maximum absolute atomic E-state index is 12.8. The van der Waals surface area contributed by atoms with Gasteiger partial charge in [-0.1, -0.05) is 17.3 Å². The summed E-state index contributed by atoms with van der Waals surface area (Å²) >= 11 is 0. The second kappa shape index (κ2) is 8.97. The van der Waals surface area contributed by atoms with Crippen LogP contribution in [-0.2, 0) is 11.3 Å². The van der Waals surface area contributed by atoms with E-state index < -0.39 is 0 Å². The van der Waals surface area contributed by atoms with Crippen molar-refractivity contribution < 1.29 is 18.8 Å². The number of hydrogen-bond donors (Lipinski definition) is 0. The van der Waals surface area contributed by atoms with Crippen LogP contribution < -0.4 is 4.74 Å². The van der Waals surface area contributed by atoms with Crippen LogP contribution in [-0.4, -0.2) is 66.3 Å². The van der Waals surface area contributed by atoms with E-state index in [4.69, 9.17) is 14.0 Å². The zero-order valence-electron chi connectivity index (χ0n) is 17.2. The number of carbonyl (C=O) groups excluding carboxylic acids is 1. The molecule has 0 atom stereocenters. The van der Waals surface area contributed by atoms with Gasteiger partial charge in [0.05, 0.1) is 13.2 Å². The Morgan fingerprint density at radius 1 is 1.14 bits per heavy atom. The SMILES string of the molecule is Cc1ccc(C)c(OCc2cc(C(=O)N3CCC(N4CCOCC4)CC3)no2)c1. The minimum absolute atomic E-state index is 0.0628. The van der Waals surface area contributed by atoms with Crippen molar-refractivity contribution >= 4 is 5.91 Å². The molecule has 2 saturated heterocycles. The van der Waals surface area contributed by atoms with Crippen molar-refractivity contribution in [2.24, 2.45) is 0 Å². The highest BCUT2D eigenvalue weighted by Gasteiger charge is 2.29. The third-order valence-electron chi connectivity index (χ3n) is 5.81. The fourth-order valence-corrected chi connectivity index (χ4v) is 4.03. The van der Waals surface area contributed by atoms with Crippen LogP contribution in [0.5, 0.6) is 5.75 Å². The summed E-state index contributed by atoms with van der Waals surface area (Å²) in [4.78, 5) is 17.2. The maximum Gasteiger partial charge on any atom is 0.276 e. The molecule has 0 aliphatic carbocycles. The highest BCUT2D eigenvalue weighted by atomic mass is 16.5. The van der Waals surface area contributed by atoms with Gasteiger partial charge in [-0.2, -0.15) is 0 Å². The van der Waals surface area contributed by atoms with Gasteiger partial charge in [0.2, 0.25) is 0 Å². The van der Waals surface area contributed by atoms with E-state index in [1.165, 1.54) is 0 Å². The molecule has 0 saturated carbocycles. The second-order valence-electron chi connectivity index (χ2n) is 7.91. The summed E-state index contributed by atoms with van der Waals surface area (Å²) in [6, 6.07) is 8.32. The average Bonchev–Trinajstić information content (AvgIpc) is 3.24. The maximum atomic E-state index is 12.8. The average molecular weight is 399 g/mol. The van der Waals surface area contributed by atoms with Gasteiger partial charge in [-0.05, 0) is 43.9 Å². The lowest BCUT2D eigenvalue weighted by Crippen LogP contribution is -2.50. The fraction of sp³-hybridized carbons (Fsp3) is 0.545. The van der Waals surface area contributed by atoms with Crippen LogP contribution in [0.25, 0.3) is 0 Å². The zero-order chi connectivity index (χ0) is 20.2. The van der Waals surface area contributed by atoms with Crippen molar-refractivity contribution in [2.75, 3.05) is 39.4 Å². The Morgan fingerprint density at radius 2 is 1.90 bits per heavy atom. The van der Waals surface area contributed by atoms with Crippen molar-refractivity contribution in [1.82, 2.24) is 15.0 Å². The van der Waals surface area contributed by atoms with Gasteiger partial charge in [0.25, 0.3) is 5.91 Å². The van der Waals surface area contributed by atoms with Gasteiger partial charge >= 0.3 is 0 Å². The summed E-state index contributed by atoms with van der Waals surface area (Å²) in [5, 5.41) is 3.98. The Morgan fingerprint density at radius 3 is 2.66 bits per heavy atom. The molecule has 3 heterocycles. The monoisotopic (exact) mass is 399 g/mol. The quantitative estimate of drug-likeness (QED) is 0.770. The summed E-state index contributed by atoms with van der Waals surface area (Å²) in [5.41, 5.74) is 2.56. The van der Waals surface area contributed by atoms with Gasteiger partial charge in [0, 0.05) is 38.3 Å². The van der Waals surface area contributed by atoms with Gasteiger partial charge in [-0.25, -0.2) is 0 Å². The molecule has 2 aliphatic heterocycles. The Hall–Kier alpha value is -2.38. The smallest absolute Gasteiger partial charge is 0.276 e. The molecule has 0 N–H and O–H groups in total. The van der Waals surface area contributed by atoms with Crippen LogP contribution in [0.1, 0.15) is 40.2 Å². The Balaban J connectivity index is 1.30. The van der Waals surface area contributed by atoms with Gasteiger partial charge in [0.1, 0.15) is 12.4 Å². The summed E-state index contributed by atoms with van der Waals surface area (Å²) in [6.07, 6.45) is 1.98. The first-order valence-corrected chi connectivity index (χ1v) is 10.4. The van der Waals surface area contributed by atoms with E-state index >= 15 is 0 Å². The summed E-state index contributed by atoms with van der Waals surface area (Å²) in [5.74, 6) is 1.31. The Labute approximate surface area is 171 Å². The van der Waals surface area contributed by atoms with Gasteiger partial charge in [0.15, 0.2) is 11.5 Å². The van der Waals surface area contributed by atoms with Crippen LogP contribution in [0.3, 0.4) is 0 Å². The molecule has 2 aliphatic rings. The number of benzene rings is 1. The van der Waals surface area contributed by atoms with Gasteiger partial charge in [-0.3, -0.25) is 9.69 Å². The molecular weight excluding hydrogens is 370 g/mol. The highest BCUT2D eigenvalue weighted by Crippen LogP contribution is 2.22. The van der Waals surface area contributed by atoms with Crippen molar-refractivity contribution in [3.05, 3.63) is 46.8 Å². The number of piperidine rings is 1. The number of amides is 1. The van der Waals surface area contributed by atoms with Crippen molar-refractivity contribution in [2.45, 2.75) is 39.3 Å². The molecule has 0 spiro atoms. The Kier molecular flexibility index (Phi) is 6.16. The predicted molar refractivity (Wildman–Crippen MR) is 108 cm³/mol. The molecule has 1 aromatic carbocycles. The Bertz CT molecular complexity index is 836. The molecule has 7 heteroatoms. The second-order valence-corrected chi connectivity index (χ2v) is 7.91. The van der Waals surface area contributed by atoms with E-state index in [1.54, 1.807) is 6.07 Å². The van der Waals surface area contributed by atoms with E-state index in [9.17, 15) is 4.79 Å². The number of ether oxygens (including phenoxy) is 2. The summed E-state index contributed by atoms with van der Waals surface area (Å²) < 4.78 is 16.6. The van der Waals surface area contributed by atoms with Crippen LogP contribution in [0, 0.1) is 13.8 Å². The molecule has 2 aromatic rings. The number of carbonyl (C=O) groups is 1. The normalized spacial score (nSPS) is 18.8. The van der Waals surface area contributed by atoms with E-state index in [1.807, 2.05) is 30.9 Å². The summed E-state index contributed by atoms with van der Waals surface area (Å²) in [7, 11) is 0. The van der Waals surface area contributed by atoms with E-state index in [-0.39, 0.29) is 12.5 Å². The molecule has 4 rings (SSSR count). The van der Waals surface area contributed by atoms with E-state index in [0.29, 0.717) is 17.5 Å².